The summed E-state index contributed by atoms with van der Waals surface area (Å²) in [5.74, 6) is -4.07. The molecule has 262 valence electrons. The second-order valence-corrected chi connectivity index (χ2v) is 11.6. The standard InChI is InChI=1S/C30H49N9O8/c1-17(40)24(29(46)47)38-27(44)23-8-5-15-39(23)28(45)21(7-2-3-13-31)36-26(43)22(16-18-9-11-19(41)12-10-18)37-25(42)20(32)6-4-14-35-30(33)34/h9-12,17,20-24,40-41H,2-8,13-16,31-32H2,1H3,(H,36,43)(H,37,42)(H,38,44)(H,46,47)(H4,33,34,35)/t17-,20+,21+,22+,23+,24+/m1/s1. The van der Waals surface area contributed by atoms with E-state index in [9.17, 15) is 39.3 Å². The molecule has 17 heteroatoms. The number of aliphatic imine (C=N–C) groups is 1. The number of phenolic OH excluding ortho intramolecular Hbond substituents is 1. The number of aliphatic hydroxyl groups is 1. The molecule has 0 saturated carbocycles. The number of likely N-dealkylation sites (tertiary alicyclic amines) is 1. The highest BCUT2D eigenvalue weighted by molar-refractivity contribution is 5.96. The number of rotatable bonds is 19. The Kier molecular flexibility index (Phi) is 15.8. The lowest BCUT2D eigenvalue weighted by Crippen LogP contribution is -2.59. The van der Waals surface area contributed by atoms with Crippen molar-refractivity contribution in [1.29, 1.82) is 0 Å². The smallest absolute Gasteiger partial charge is 0.328 e. The number of amides is 4. The summed E-state index contributed by atoms with van der Waals surface area (Å²) < 4.78 is 0. The number of aromatic hydroxyl groups is 1. The first-order valence-corrected chi connectivity index (χ1v) is 15.7. The van der Waals surface area contributed by atoms with E-state index in [-0.39, 0.29) is 50.5 Å². The maximum absolute atomic E-state index is 13.9. The van der Waals surface area contributed by atoms with E-state index < -0.39 is 65.9 Å². The van der Waals surface area contributed by atoms with Crippen molar-refractivity contribution in [3.8, 4) is 5.75 Å². The van der Waals surface area contributed by atoms with Crippen LogP contribution in [0.1, 0.15) is 57.4 Å². The predicted octanol–water partition coefficient (Wildman–Crippen LogP) is -2.64. The van der Waals surface area contributed by atoms with E-state index >= 15 is 0 Å². The molecule has 0 radical (unpaired) electrons. The maximum atomic E-state index is 13.9. The van der Waals surface area contributed by atoms with Crippen LogP contribution in [0, 0.1) is 0 Å². The average Bonchev–Trinajstić information content (AvgIpc) is 3.51. The summed E-state index contributed by atoms with van der Waals surface area (Å²) in [6.45, 7) is 2.03. The van der Waals surface area contributed by atoms with Crippen molar-refractivity contribution in [1.82, 2.24) is 20.9 Å². The van der Waals surface area contributed by atoms with Crippen LogP contribution in [0.2, 0.25) is 0 Å². The fourth-order valence-corrected chi connectivity index (χ4v) is 5.17. The van der Waals surface area contributed by atoms with Gasteiger partial charge in [-0.2, -0.15) is 0 Å². The van der Waals surface area contributed by atoms with Gasteiger partial charge in [0.1, 0.15) is 23.9 Å². The quantitative estimate of drug-likeness (QED) is 0.0413. The zero-order chi connectivity index (χ0) is 35.1. The number of carboxylic acid groups (broad SMARTS) is 1. The van der Waals surface area contributed by atoms with Crippen molar-refractivity contribution in [3.63, 3.8) is 0 Å². The van der Waals surface area contributed by atoms with Crippen molar-refractivity contribution < 1.29 is 39.3 Å². The monoisotopic (exact) mass is 663 g/mol. The van der Waals surface area contributed by atoms with Crippen LogP contribution in [-0.2, 0) is 30.4 Å². The van der Waals surface area contributed by atoms with Crippen LogP contribution in [0.3, 0.4) is 0 Å². The van der Waals surface area contributed by atoms with Gasteiger partial charge in [-0.3, -0.25) is 24.2 Å². The van der Waals surface area contributed by atoms with Crippen LogP contribution in [0.25, 0.3) is 0 Å². The average molecular weight is 664 g/mol. The molecule has 17 nitrogen and oxygen atoms in total. The van der Waals surface area contributed by atoms with Gasteiger partial charge in [0.15, 0.2) is 12.0 Å². The SMILES string of the molecule is C[C@@H](O)[C@H](NC(=O)[C@@H]1CCCN1C(=O)[C@H](CCCCN)NC(=O)[C@H](Cc1ccc(O)cc1)NC(=O)[C@@H](N)CCCN=C(N)N)C(=O)O. The molecule has 47 heavy (non-hydrogen) atoms. The number of benzene rings is 1. The van der Waals surface area contributed by atoms with E-state index in [1.807, 2.05) is 0 Å². The summed E-state index contributed by atoms with van der Waals surface area (Å²) in [6.07, 6.45) is 1.19. The summed E-state index contributed by atoms with van der Waals surface area (Å²) in [5.41, 5.74) is 23.0. The number of unbranched alkanes of at least 4 members (excludes halogenated alkanes) is 1. The van der Waals surface area contributed by atoms with Gasteiger partial charge in [-0.25, -0.2) is 4.79 Å². The number of nitrogens with two attached hydrogens (primary N) is 4. The summed E-state index contributed by atoms with van der Waals surface area (Å²) >= 11 is 0. The Bertz CT molecular complexity index is 1240. The molecule has 0 bridgehead atoms. The molecule has 1 aliphatic rings. The summed E-state index contributed by atoms with van der Waals surface area (Å²) in [5, 5.41) is 36.6. The minimum Gasteiger partial charge on any atom is -0.508 e. The molecule has 1 aromatic rings. The second-order valence-electron chi connectivity index (χ2n) is 11.6. The predicted molar refractivity (Wildman–Crippen MR) is 172 cm³/mol. The first kappa shape index (κ1) is 38.7. The molecule has 4 amide bonds. The van der Waals surface area contributed by atoms with Gasteiger partial charge in [0, 0.05) is 19.5 Å². The number of aliphatic carboxylic acids is 1. The molecular weight excluding hydrogens is 614 g/mol. The molecule has 14 N–H and O–H groups in total. The third kappa shape index (κ3) is 12.7. The van der Waals surface area contributed by atoms with Gasteiger partial charge >= 0.3 is 5.97 Å². The summed E-state index contributed by atoms with van der Waals surface area (Å²) in [6, 6.07) is 0.225. The Morgan fingerprint density at radius 3 is 2.23 bits per heavy atom. The zero-order valence-electron chi connectivity index (χ0n) is 26.6. The molecule has 1 aliphatic heterocycles. The molecule has 1 fully saturated rings. The van der Waals surface area contributed by atoms with Gasteiger partial charge in [-0.15, -0.1) is 0 Å². The number of carbonyl (C=O) groups is 5. The van der Waals surface area contributed by atoms with Crippen LogP contribution in [0.4, 0.5) is 0 Å². The van der Waals surface area contributed by atoms with Crippen molar-refractivity contribution in [2.75, 3.05) is 19.6 Å². The molecular formula is C30H49N9O8. The van der Waals surface area contributed by atoms with Crippen LogP contribution < -0.4 is 38.9 Å². The summed E-state index contributed by atoms with van der Waals surface area (Å²) in [7, 11) is 0. The van der Waals surface area contributed by atoms with Crippen LogP contribution in [0.15, 0.2) is 29.3 Å². The fourth-order valence-electron chi connectivity index (χ4n) is 5.17. The van der Waals surface area contributed by atoms with Crippen LogP contribution in [0.5, 0.6) is 5.75 Å². The number of hydrogen-bond acceptors (Lipinski definition) is 10. The number of nitrogens with zero attached hydrogens (tertiary/aromatic N) is 2. The van der Waals surface area contributed by atoms with E-state index in [0.717, 1.165) is 0 Å². The minimum atomic E-state index is -1.57. The normalized spacial score (nSPS) is 17.4. The Morgan fingerprint density at radius 1 is 0.979 bits per heavy atom. The topological polar surface area (TPSA) is 302 Å². The van der Waals surface area contributed by atoms with Crippen molar-refractivity contribution >= 4 is 35.6 Å². The third-order valence-electron chi connectivity index (χ3n) is 7.76. The number of guanidine groups is 1. The van der Waals surface area contributed by atoms with E-state index in [4.69, 9.17) is 22.9 Å². The van der Waals surface area contributed by atoms with Gasteiger partial charge in [-0.05, 0) is 76.1 Å². The molecule has 0 aliphatic carbocycles. The highest BCUT2D eigenvalue weighted by atomic mass is 16.4. The van der Waals surface area contributed by atoms with Gasteiger partial charge in [0.05, 0.1) is 12.1 Å². The Hall–Kier alpha value is -4.48. The van der Waals surface area contributed by atoms with Crippen LogP contribution >= 0.6 is 0 Å². The first-order chi connectivity index (χ1) is 22.2. The lowest BCUT2D eigenvalue weighted by Gasteiger charge is -2.31. The molecule has 6 atom stereocenters. The largest absolute Gasteiger partial charge is 0.508 e. The van der Waals surface area contributed by atoms with Gasteiger partial charge in [0.2, 0.25) is 23.6 Å². The Labute approximate surface area is 273 Å². The minimum absolute atomic E-state index is 0.00690. The number of aliphatic hydroxyl groups excluding tert-OH is 1. The van der Waals surface area contributed by atoms with E-state index in [2.05, 4.69) is 20.9 Å². The highest BCUT2D eigenvalue weighted by Gasteiger charge is 2.40. The van der Waals surface area contributed by atoms with Gasteiger partial charge in [-0.1, -0.05) is 12.1 Å². The molecule has 0 spiro atoms. The number of phenols is 1. The van der Waals surface area contributed by atoms with E-state index in [0.29, 0.717) is 37.8 Å². The summed E-state index contributed by atoms with van der Waals surface area (Å²) in [4.78, 5) is 70.4. The van der Waals surface area contributed by atoms with Crippen LogP contribution in [-0.4, -0.2) is 112 Å². The number of carboxylic acids is 1. The molecule has 0 aromatic heterocycles. The van der Waals surface area contributed by atoms with Crippen molar-refractivity contribution in [2.24, 2.45) is 27.9 Å². The lowest BCUT2D eigenvalue weighted by molar-refractivity contribution is -0.147. The number of nitrogens with one attached hydrogen (secondary N) is 3. The van der Waals surface area contributed by atoms with E-state index in [1.54, 1.807) is 12.1 Å². The number of hydrogen-bond donors (Lipinski definition) is 10. The molecule has 2 rings (SSSR count). The van der Waals surface area contributed by atoms with Gasteiger partial charge in [0.25, 0.3) is 0 Å². The lowest BCUT2D eigenvalue weighted by atomic mass is 10.0. The Morgan fingerprint density at radius 2 is 1.64 bits per heavy atom. The van der Waals surface area contributed by atoms with Crippen molar-refractivity contribution in [2.45, 2.75) is 94.6 Å². The molecule has 0 unspecified atom stereocenters. The molecule has 1 aromatic carbocycles. The second kappa shape index (κ2) is 19.2. The molecule has 1 saturated heterocycles. The third-order valence-corrected chi connectivity index (χ3v) is 7.76. The Balaban J connectivity index is 2.26. The van der Waals surface area contributed by atoms with Gasteiger partial charge < -0.3 is 59.1 Å². The zero-order valence-corrected chi connectivity index (χ0v) is 26.6. The van der Waals surface area contributed by atoms with E-state index in [1.165, 1.54) is 24.0 Å². The maximum Gasteiger partial charge on any atom is 0.328 e. The fraction of sp³-hybridized carbons (Fsp3) is 0.600. The number of carbonyl (C=O) groups excluding carboxylic acids is 4. The van der Waals surface area contributed by atoms with Crippen molar-refractivity contribution in [3.05, 3.63) is 29.8 Å². The highest BCUT2D eigenvalue weighted by Crippen LogP contribution is 2.21. The molecule has 1 heterocycles. The first-order valence-electron chi connectivity index (χ1n) is 15.7.